The van der Waals surface area contributed by atoms with Crippen LogP contribution in [0.2, 0.25) is 0 Å². The normalized spacial score (nSPS) is 10.2. The second kappa shape index (κ2) is 8.15. The number of carbonyl (C=O) groups is 1. The SMILES string of the molecule is COc1cc(C(=O)NCc2cccc(F)c2)c([N+](=O)[O-])c(OC)c1OC. The molecule has 8 nitrogen and oxygen atoms in total. The minimum absolute atomic E-state index is 0.00313. The minimum atomic E-state index is -0.738. The van der Waals surface area contributed by atoms with E-state index in [4.69, 9.17) is 14.2 Å². The third-order valence-corrected chi connectivity index (χ3v) is 3.57. The molecular formula is C17H17FN2O6. The molecule has 138 valence electrons. The van der Waals surface area contributed by atoms with Gasteiger partial charge in [0.2, 0.25) is 11.5 Å². The first-order valence-electron chi connectivity index (χ1n) is 7.42. The quantitative estimate of drug-likeness (QED) is 0.599. The number of amides is 1. The Morgan fingerprint density at radius 2 is 1.85 bits per heavy atom. The highest BCUT2D eigenvalue weighted by atomic mass is 19.1. The van der Waals surface area contributed by atoms with Gasteiger partial charge in [-0.1, -0.05) is 12.1 Å². The summed E-state index contributed by atoms with van der Waals surface area (Å²) in [6.07, 6.45) is 0. The standard InChI is InChI=1S/C17H17FN2O6/c1-24-13-8-12(14(20(22)23)16(26-3)15(13)25-2)17(21)19-9-10-5-4-6-11(18)7-10/h4-8H,9H2,1-3H3,(H,19,21). The minimum Gasteiger partial charge on any atom is -0.493 e. The maximum atomic E-state index is 13.2. The van der Waals surface area contributed by atoms with Crippen LogP contribution in [0, 0.1) is 15.9 Å². The molecular weight excluding hydrogens is 347 g/mol. The molecule has 9 heteroatoms. The molecule has 0 aliphatic heterocycles. The summed E-state index contributed by atoms with van der Waals surface area (Å²) >= 11 is 0. The van der Waals surface area contributed by atoms with E-state index in [1.165, 1.54) is 45.6 Å². The number of ether oxygens (including phenoxy) is 3. The van der Waals surface area contributed by atoms with E-state index in [1.54, 1.807) is 6.07 Å². The number of nitrogens with zero attached hydrogens (tertiary/aromatic N) is 1. The lowest BCUT2D eigenvalue weighted by Crippen LogP contribution is -2.24. The van der Waals surface area contributed by atoms with Crippen molar-refractivity contribution in [3.63, 3.8) is 0 Å². The number of hydrogen-bond acceptors (Lipinski definition) is 6. The molecule has 0 spiro atoms. The number of rotatable bonds is 7. The van der Waals surface area contributed by atoms with E-state index in [0.717, 1.165) is 0 Å². The van der Waals surface area contributed by atoms with Crippen LogP contribution in [-0.2, 0) is 6.54 Å². The average Bonchev–Trinajstić information content (AvgIpc) is 2.63. The number of benzene rings is 2. The first-order valence-corrected chi connectivity index (χ1v) is 7.42. The summed E-state index contributed by atoms with van der Waals surface area (Å²) in [5.41, 5.74) is -0.309. The topological polar surface area (TPSA) is 99.9 Å². The zero-order valence-electron chi connectivity index (χ0n) is 14.4. The highest BCUT2D eigenvalue weighted by Gasteiger charge is 2.32. The molecule has 0 unspecified atom stereocenters. The van der Waals surface area contributed by atoms with Crippen molar-refractivity contribution in [3.8, 4) is 17.2 Å². The van der Waals surface area contributed by atoms with Gasteiger partial charge in [-0.05, 0) is 17.7 Å². The predicted octanol–water partition coefficient (Wildman–Crippen LogP) is 2.69. The first-order chi connectivity index (χ1) is 12.4. The number of hydrogen-bond donors (Lipinski definition) is 1. The van der Waals surface area contributed by atoms with Gasteiger partial charge >= 0.3 is 5.69 Å². The van der Waals surface area contributed by atoms with Gasteiger partial charge in [0.25, 0.3) is 5.91 Å². The van der Waals surface area contributed by atoms with Gasteiger partial charge in [-0.3, -0.25) is 14.9 Å². The highest BCUT2D eigenvalue weighted by Crippen LogP contribution is 2.46. The largest absolute Gasteiger partial charge is 0.493 e. The van der Waals surface area contributed by atoms with E-state index in [9.17, 15) is 19.3 Å². The Bertz CT molecular complexity index is 840. The third-order valence-electron chi connectivity index (χ3n) is 3.57. The van der Waals surface area contributed by atoms with Crippen molar-refractivity contribution in [1.82, 2.24) is 5.32 Å². The summed E-state index contributed by atoms with van der Waals surface area (Å²) < 4.78 is 28.5. The number of carbonyl (C=O) groups excluding carboxylic acids is 1. The molecule has 0 aliphatic carbocycles. The summed E-state index contributed by atoms with van der Waals surface area (Å²) in [6, 6.07) is 6.84. The van der Waals surface area contributed by atoms with Gasteiger partial charge in [0.05, 0.1) is 26.3 Å². The molecule has 0 aromatic heterocycles. The molecule has 2 aromatic rings. The lowest BCUT2D eigenvalue weighted by atomic mass is 10.1. The maximum absolute atomic E-state index is 13.2. The molecule has 0 saturated heterocycles. The Morgan fingerprint density at radius 1 is 1.15 bits per heavy atom. The van der Waals surface area contributed by atoms with Crippen LogP contribution >= 0.6 is 0 Å². The fraction of sp³-hybridized carbons (Fsp3) is 0.235. The van der Waals surface area contributed by atoms with Crippen molar-refractivity contribution in [2.45, 2.75) is 6.54 Å². The molecule has 0 aliphatic rings. The second-order valence-electron chi connectivity index (χ2n) is 5.11. The molecule has 1 N–H and O–H groups in total. The van der Waals surface area contributed by atoms with Crippen LogP contribution in [0.25, 0.3) is 0 Å². The Kier molecular flexibility index (Phi) is 5.94. The number of nitro groups is 1. The summed E-state index contributed by atoms with van der Waals surface area (Å²) in [4.78, 5) is 23.3. The summed E-state index contributed by atoms with van der Waals surface area (Å²) in [6.45, 7) is -0.00952. The predicted molar refractivity (Wildman–Crippen MR) is 90.3 cm³/mol. The van der Waals surface area contributed by atoms with Gasteiger partial charge in [-0.15, -0.1) is 0 Å². The lowest BCUT2D eigenvalue weighted by Gasteiger charge is -2.15. The van der Waals surface area contributed by atoms with Gasteiger partial charge < -0.3 is 19.5 Å². The summed E-state index contributed by atoms with van der Waals surface area (Å²) in [5, 5.41) is 14.0. The van der Waals surface area contributed by atoms with E-state index in [-0.39, 0.29) is 29.4 Å². The number of nitrogens with one attached hydrogen (secondary N) is 1. The van der Waals surface area contributed by atoms with E-state index in [0.29, 0.717) is 5.56 Å². The molecule has 0 atom stereocenters. The van der Waals surface area contributed by atoms with Crippen molar-refractivity contribution in [1.29, 1.82) is 0 Å². The molecule has 1 amide bonds. The number of nitro benzene ring substituents is 1. The number of halogens is 1. The zero-order valence-corrected chi connectivity index (χ0v) is 14.4. The molecule has 2 rings (SSSR count). The van der Waals surface area contributed by atoms with Crippen molar-refractivity contribution in [3.05, 3.63) is 57.4 Å². The van der Waals surface area contributed by atoms with Crippen LogP contribution in [0.3, 0.4) is 0 Å². The van der Waals surface area contributed by atoms with Gasteiger partial charge in [0.15, 0.2) is 5.75 Å². The fourth-order valence-electron chi connectivity index (χ4n) is 2.42. The van der Waals surface area contributed by atoms with Crippen LogP contribution in [0.15, 0.2) is 30.3 Å². The van der Waals surface area contributed by atoms with Crippen LogP contribution in [0.1, 0.15) is 15.9 Å². The lowest BCUT2D eigenvalue weighted by molar-refractivity contribution is -0.386. The van der Waals surface area contributed by atoms with Crippen LogP contribution < -0.4 is 19.5 Å². The number of methoxy groups -OCH3 is 3. The smallest absolute Gasteiger partial charge is 0.327 e. The van der Waals surface area contributed by atoms with Crippen molar-refractivity contribution < 1.29 is 28.3 Å². The third kappa shape index (κ3) is 3.82. The highest BCUT2D eigenvalue weighted by molar-refractivity contribution is 6.00. The summed E-state index contributed by atoms with van der Waals surface area (Å²) in [7, 11) is 3.85. The van der Waals surface area contributed by atoms with Gasteiger partial charge in [0, 0.05) is 12.6 Å². The zero-order chi connectivity index (χ0) is 19.3. The van der Waals surface area contributed by atoms with Crippen molar-refractivity contribution in [2.75, 3.05) is 21.3 Å². The van der Waals surface area contributed by atoms with E-state index >= 15 is 0 Å². The molecule has 0 saturated carbocycles. The van der Waals surface area contributed by atoms with Gasteiger partial charge in [0.1, 0.15) is 11.4 Å². The molecule has 2 aromatic carbocycles. The Balaban J connectivity index is 2.43. The Morgan fingerprint density at radius 3 is 2.38 bits per heavy atom. The fourth-order valence-corrected chi connectivity index (χ4v) is 2.42. The first kappa shape index (κ1) is 19.0. The maximum Gasteiger partial charge on any atom is 0.327 e. The van der Waals surface area contributed by atoms with Crippen molar-refractivity contribution in [2.24, 2.45) is 0 Å². The van der Waals surface area contributed by atoms with E-state index < -0.39 is 22.3 Å². The molecule has 26 heavy (non-hydrogen) atoms. The Labute approximate surface area is 148 Å². The van der Waals surface area contributed by atoms with Gasteiger partial charge in [-0.2, -0.15) is 0 Å². The molecule has 0 fully saturated rings. The molecule has 0 heterocycles. The van der Waals surface area contributed by atoms with Crippen LogP contribution in [0.4, 0.5) is 10.1 Å². The summed E-state index contributed by atoms with van der Waals surface area (Å²) in [5.74, 6) is -1.31. The van der Waals surface area contributed by atoms with Gasteiger partial charge in [-0.25, -0.2) is 4.39 Å². The van der Waals surface area contributed by atoms with E-state index in [1.807, 2.05) is 0 Å². The van der Waals surface area contributed by atoms with Crippen LogP contribution in [0.5, 0.6) is 17.2 Å². The van der Waals surface area contributed by atoms with Crippen molar-refractivity contribution >= 4 is 11.6 Å². The Hall–Kier alpha value is -3.36. The van der Waals surface area contributed by atoms with E-state index in [2.05, 4.69) is 5.32 Å². The van der Waals surface area contributed by atoms with Crippen LogP contribution in [-0.4, -0.2) is 32.2 Å². The molecule has 0 bridgehead atoms. The monoisotopic (exact) mass is 364 g/mol. The average molecular weight is 364 g/mol. The molecule has 0 radical (unpaired) electrons. The second-order valence-corrected chi connectivity index (χ2v) is 5.11.